The molecule has 0 radical (unpaired) electrons. The fourth-order valence-corrected chi connectivity index (χ4v) is 1.40. The van der Waals surface area contributed by atoms with E-state index in [4.69, 9.17) is 10.5 Å². The van der Waals surface area contributed by atoms with Crippen molar-refractivity contribution in [3.05, 3.63) is 24.0 Å². The van der Waals surface area contributed by atoms with Crippen LogP contribution in [0, 0.1) is 5.82 Å². The second-order valence-electron chi connectivity index (χ2n) is 4.01. The zero-order valence-corrected chi connectivity index (χ0v) is 10.0. The molecule has 0 bridgehead atoms. The Morgan fingerprint density at radius 3 is 2.75 bits per heavy atom. The molecule has 3 nitrogen and oxygen atoms in total. The van der Waals surface area contributed by atoms with Crippen LogP contribution in [0.15, 0.2) is 18.2 Å². The standard InChI is InChI=1S/C12H19FN2O/c1-9(2)16-8-7-15(3)11-6-4-5-10(13)12(11)14/h4-6,9H,7-8,14H2,1-3H3. The van der Waals surface area contributed by atoms with E-state index in [1.165, 1.54) is 6.07 Å². The largest absolute Gasteiger partial charge is 0.395 e. The maximum absolute atomic E-state index is 13.2. The normalized spacial score (nSPS) is 10.8. The van der Waals surface area contributed by atoms with Crippen LogP contribution in [-0.2, 0) is 4.74 Å². The van der Waals surface area contributed by atoms with Crippen LogP contribution in [0.2, 0.25) is 0 Å². The molecule has 1 rings (SSSR count). The molecule has 4 heteroatoms. The summed E-state index contributed by atoms with van der Waals surface area (Å²) in [6.07, 6.45) is 0.207. The molecule has 0 amide bonds. The molecule has 2 N–H and O–H groups in total. The van der Waals surface area contributed by atoms with Crippen molar-refractivity contribution in [1.82, 2.24) is 0 Å². The third-order valence-corrected chi connectivity index (χ3v) is 2.32. The lowest BCUT2D eigenvalue weighted by Gasteiger charge is -2.21. The lowest BCUT2D eigenvalue weighted by Crippen LogP contribution is -2.24. The Morgan fingerprint density at radius 2 is 2.12 bits per heavy atom. The van der Waals surface area contributed by atoms with Gasteiger partial charge in [0.1, 0.15) is 5.82 Å². The summed E-state index contributed by atoms with van der Waals surface area (Å²) < 4.78 is 18.6. The molecule has 0 saturated heterocycles. The average Bonchev–Trinajstić information content (AvgIpc) is 2.21. The predicted molar refractivity (Wildman–Crippen MR) is 65.2 cm³/mol. The van der Waals surface area contributed by atoms with Crippen LogP contribution in [0.5, 0.6) is 0 Å². The number of nitrogen functional groups attached to an aromatic ring is 1. The molecule has 0 saturated carbocycles. The maximum Gasteiger partial charge on any atom is 0.148 e. The minimum absolute atomic E-state index is 0.189. The molecule has 0 aromatic heterocycles. The Kier molecular flexibility index (Phi) is 4.55. The van der Waals surface area contributed by atoms with E-state index in [0.29, 0.717) is 18.8 Å². The summed E-state index contributed by atoms with van der Waals surface area (Å²) in [6.45, 7) is 5.25. The zero-order valence-electron chi connectivity index (χ0n) is 10.0. The maximum atomic E-state index is 13.2. The van der Waals surface area contributed by atoms with Gasteiger partial charge in [-0.2, -0.15) is 0 Å². The van der Waals surface area contributed by atoms with Gasteiger partial charge in [-0.05, 0) is 26.0 Å². The lowest BCUT2D eigenvalue weighted by molar-refractivity contribution is 0.0846. The van der Waals surface area contributed by atoms with Crippen LogP contribution in [0.25, 0.3) is 0 Å². The van der Waals surface area contributed by atoms with Crippen molar-refractivity contribution in [3.63, 3.8) is 0 Å². The van der Waals surface area contributed by atoms with E-state index in [9.17, 15) is 4.39 Å². The third-order valence-electron chi connectivity index (χ3n) is 2.32. The molecule has 0 aliphatic rings. The highest BCUT2D eigenvalue weighted by molar-refractivity contribution is 5.67. The number of halogens is 1. The Balaban J connectivity index is 2.59. The van der Waals surface area contributed by atoms with Crippen molar-refractivity contribution >= 4 is 11.4 Å². The highest BCUT2D eigenvalue weighted by Gasteiger charge is 2.08. The number of nitrogens with two attached hydrogens (primary N) is 1. The van der Waals surface area contributed by atoms with E-state index >= 15 is 0 Å². The Bertz CT molecular complexity index is 342. The van der Waals surface area contributed by atoms with E-state index in [-0.39, 0.29) is 17.6 Å². The number of likely N-dealkylation sites (N-methyl/N-ethyl adjacent to an activating group) is 1. The molecular weight excluding hydrogens is 207 g/mol. The van der Waals surface area contributed by atoms with Crippen molar-refractivity contribution < 1.29 is 9.13 Å². The molecule has 0 unspecified atom stereocenters. The number of para-hydroxylation sites is 1. The molecule has 0 aliphatic carbocycles. The lowest BCUT2D eigenvalue weighted by atomic mass is 10.2. The molecule has 90 valence electrons. The van der Waals surface area contributed by atoms with Gasteiger partial charge in [0.25, 0.3) is 0 Å². The molecular formula is C12H19FN2O. The number of ether oxygens (including phenoxy) is 1. The van der Waals surface area contributed by atoms with Gasteiger partial charge < -0.3 is 15.4 Å². The smallest absolute Gasteiger partial charge is 0.148 e. The number of hydrogen-bond donors (Lipinski definition) is 1. The minimum Gasteiger partial charge on any atom is -0.395 e. The fourth-order valence-electron chi connectivity index (χ4n) is 1.40. The molecule has 0 heterocycles. The highest BCUT2D eigenvalue weighted by Crippen LogP contribution is 2.24. The first-order chi connectivity index (χ1) is 7.52. The number of nitrogens with zero attached hydrogens (tertiary/aromatic N) is 1. The molecule has 1 aromatic rings. The van der Waals surface area contributed by atoms with Gasteiger partial charge in [-0.15, -0.1) is 0 Å². The molecule has 1 aromatic carbocycles. The average molecular weight is 226 g/mol. The van der Waals surface area contributed by atoms with Crippen LogP contribution in [0.1, 0.15) is 13.8 Å². The topological polar surface area (TPSA) is 38.5 Å². The van der Waals surface area contributed by atoms with Gasteiger partial charge in [-0.3, -0.25) is 0 Å². The fraction of sp³-hybridized carbons (Fsp3) is 0.500. The van der Waals surface area contributed by atoms with Crippen LogP contribution >= 0.6 is 0 Å². The summed E-state index contributed by atoms with van der Waals surface area (Å²) in [5.41, 5.74) is 6.55. The van der Waals surface area contributed by atoms with Crippen LogP contribution in [0.4, 0.5) is 15.8 Å². The molecule has 0 atom stereocenters. The third kappa shape index (κ3) is 3.38. The van der Waals surface area contributed by atoms with Gasteiger partial charge in [-0.25, -0.2) is 4.39 Å². The number of anilines is 2. The van der Waals surface area contributed by atoms with E-state index in [1.54, 1.807) is 12.1 Å². The first-order valence-corrected chi connectivity index (χ1v) is 5.39. The van der Waals surface area contributed by atoms with Crippen molar-refractivity contribution in [2.75, 3.05) is 30.8 Å². The molecule has 0 aliphatic heterocycles. The van der Waals surface area contributed by atoms with Crippen LogP contribution < -0.4 is 10.6 Å². The summed E-state index contributed by atoms with van der Waals surface area (Å²) in [7, 11) is 1.87. The van der Waals surface area contributed by atoms with Crippen molar-refractivity contribution in [2.24, 2.45) is 0 Å². The van der Waals surface area contributed by atoms with Gasteiger partial charge >= 0.3 is 0 Å². The number of benzene rings is 1. The first kappa shape index (κ1) is 12.8. The second kappa shape index (κ2) is 5.70. The van der Waals surface area contributed by atoms with Crippen LogP contribution in [-0.4, -0.2) is 26.3 Å². The monoisotopic (exact) mass is 226 g/mol. The summed E-state index contributed by atoms with van der Waals surface area (Å²) in [6, 6.07) is 4.81. The first-order valence-electron chi connectivity index (χ1n) is 5.39. The summed E-state index contributed by atoms with van der Waals surface area (Å²) in [5, 5.41) is 0. The summed E-state index contributed by atoms with van der Waals surface area (Å²) in [5.74, 6) is -0.380. The summed E-state index contributed by atoms with van der Waals surface area (Å²) >= 11 is 0. The molecule has 0 fully saturated rings. The van der Waals surface area contributed by atoms with Crippen molar-refractivity contribution in [1.29, 1.82) is 0 Å². The van der Waals surface area contributed by atoms with E-state index in [2.05, 4.69) is 0 Å². The van der Waals surface area contributed by atoms with Gasteiger partial charge in [0.15, 0.2) is 0 Å². The van der Waals surface area contributed by atoms with Gasteiger partial charge in [0.2, 0.25) is 0 Å². The predicted octanol–water partition coefficient (Wildman–Crippen LogP) is 2.27. The SMILES string of the molecule is CC(C)OCCN(C)c1cccc(F)c1N. The molecule has 0 spiro atoms. The summed E-state index contributed by atoms with van der Waals surface area (Å²) in [4.78, 5) is 1.89. The Hall–Kier alpha value is -1.29. The minimum atomic E-state index is -0.380. The van der Waals surface area contributed by atoms with E-state index in [0.717, 1.165) is 0 Å². The quantitative estimate of drug-likeness (QED) is 0.783. The number of hydrogen-bond acceptors (Lipinski definition) is 3. The number of rotatable bonds is 5. The second-order valence-corrected chi connectivity index (χ2v) is 4.01. The highest BCUT2D eigenvalue weighted by atomic mass is 19.1. The van der Waals surface area contributed by atoms with Gasteiger partial charge in [0, 0.05) is 13.6 Å². The molecule has 16 heavy (non-hydrogen) atoms. The van der Waals surface area contributed by atoms with Crippen molar-refractivity contribution in [3.8, 4) is 0 Å². The van der Waals surface area contributed by atoms with Crippen LogP contribution in [0.3, 0.4) is 0 Å². The zero-order chi connectivity index (χ0) is 12.1. The Labute approximate surface area is 96.0 Å². The van der Waals surface area contributed by atoms with Crippen molar-refractivity contribution in [2.45, 2.75) is 20.0 Å². The Morgan fingerprint density at radius 1 is 1.44 bits per heavy atom. The van der Waals surface area contributed by atoms with Gasteiger partial charge in [0.05, 0.1) is 24.1 Å². The van der Waals surface area contributed by atoms with E-state index < -0.39 is 0 Å². The van der Waals surface area contributed by atoms with Gasteiger partial charge in [-0.1, -0.05) is 6.07 Å². The van der Waals surface area contributed by atoms with E-state index in [1.807, 2.05) is 25.8 Å².